The molecule has 0 bridgehead atoms. The lowest BCUT2D eigenvalue weighted by Crippen LogP contribution is -2.42. The summed E-state index contributed by atoms with van der Waals surface area (Å²) in [5.74, 6) is -0.661. The summed E-state index contributed by atoms with van der Waals surface area (Å²) in [5, 5.41) is 8.82. The Balaban J connectivity index is 0.00000220. The minimum atomic E-state index is -0.363. The van der Waals surface area contributed by atoms with E-state index in [4.69, 9.17) is 28.5 Å². The molecule has 0 aliphatic heterocycles. The molecule has 1 heterocycles. The van der Waals surface area contributed by atoms with Gasteiger partial charge in [0, 0.05) is 22.5 Å². The average Bonchev–Trinajstić information content (AvgIpc) is 2.84. The first kappa shape index (κ1) is 17.3. The van der Waals surface area contributed by atoms with Crippen molar-refractivity contribution < 1.29 is 4.79 Å². The number of H-pyrrole nitrogens is 1. The molecule has 0 fully saturated rings. The summed E-state index contributed by atoms with van der Waals surface area (Å²) in [6.45, 7) is 0.739. The number of amides is 1. The first-order valence-corrected chi connectivity index (χ1v) is 6.55. The van der Waals surface area contributed by atoms with Gasteiger partial charge in [0.05, 0.1) is 0 Å². The molecule has 21 heavy (non-hydrogen) atoms. The van der Waals surface area contributed by atoms with Gasteiger partial charge in [0.2, 0.25) is 0 Å². The Bertz CT molecular complexity index is 655. The van der Waals surface area contributed by atoms with Crippen LogP contribution in [0.2, 0.25) is 5.02 Å². The standard InChI is InChI=1S/C13H16ClN5O.ClH/c14-9-3-1-4-10-8(9)7-11(18-10)12(20)19(13(16)17)6-2-5-15;/h1,3-4,7,18H,2,5-6,15H2,(H3,16,17);1H. The molecule has 1 amide bonds. The monoisotopic (exact) mass is 329 g/mol. The molecular weight excluding hydrogens is 313 g/mol. The number of benzene rings is 1. The predicted octanol–water partition coefficient (Wildman–Crippen LogP) is 1.93. The Morgan fingerprint density at radius 3 is 2.71 bits per heavy atom. The Hall–Kier alpha value is -1.76. The molecule has 6 nitrogen and oxygen atoms in total. The van der Waals surface area contributed by atoms with Gasteiger partial charge in [-0.1, -0.05) is 17.7 Å². The van der Waals surface area contributed by atoms with E-state index < -0.39 is 0 Å². The number of fused-ring (bicyclic) bond motifs is 1. The molecule has 8 heteroatoms. The highest BCUT2D eigenvalue weighted by molar-refractivity contribution is 6.35. The Morgan fingerprint density at radius 2 is 2.14 bits per heavy atom. The number of aromatic nitrogens is 1. The summed E-state index contributed by atoms with van der Waals surface area (Å²) in [6.07, 6.45) is 0.576. The first-order valence-electron chi connectivity index (χ1n) is 6.17. The minimum Gasteiger partial charge on any atom is -0.370 e. The van der Waals surface area contributed by atoms with Gasteiger partial charge in [-0.2, -0.15) is 0 Å². The fraction of sp³-hybridized carbons (Fsp3) is 0.231. The van der Waals surface area contributed by atoms with Crippen LogP contribution in [0.3, 0.4) is 0 Å². The van der Waals surface area contributed by atoms with Crippen molar-refractivity contribution in [1.82, 2.24) is 9.88 Å². The zero-order valence-electron chi connectivity index (χ0n) is 11.2. The van der Waals surface area contributed by atoms with Crippen LogP contribution in [-0.4, -0.2) is 34.8 Å². The molecule has 6 N–H and O–H groups in total. The van der Waals surface area contributed by atoms with Gasteiger partial charge in [-0.05, 0) is 31.2 Å². The van der Waals surface area contributed by atoms with Crippen molar-refractivity contribution in [2.24, 2.45) is 11.5 Å². The van der Waals surface area contributed by atoms with Crippen molar-refractivity contribution >= 4 is 46.8 Å². The molecule has 1 aromatic carbocycles. The number of rotatable bonds is 4. The molecule has 0 radical (unpaired) electrons. The van der Waals surface area contributed by atoms with Gasteiger partial charge in [0.25, 0.3) is 5.91 Å². The van der Waals surface area contributed by atoms with Crippen LogP contribution in [0.15, 0.2) is 24.3 Å². The molecular formula is C13H17Cl2N5O. The lowest BCUT2D eigenvalue weighted by molar-refractivity contribution is 0.0839. The van der Waals surface area contributed by atoms with Crippen molar-refractivity contribution in [3.05, 3.63) is 35.0 Å². The van der Waals surface area contributed by atoms with E-state index in [1.165, 1.54) is 4.90 Å². The number of carbonyl (C=O) groups is 1. The normalized spacial score (nSPS) is 10.2. The summed E-state index contributed by atoms with van der Waals surface area (Å²) >= 11 is 6.07. The molecule has 2 rings (SSSR count). The third kappa shape index (κ3) is 3.66. The molecule has 0 aliphatic rings. The summed E-state index contributed by atoms with van der Waals surface area (Å²) in [7, 11) is 0. The van der Waals surface area contributed by atoms with Crippen LogP contribution in [0.25, 0.3) is 10.9 Å². The van der Waals surface area contributed by atoms with Crippen LogP contribution in [0.4, 0.5) is 0 Å². The first-order chi connectivity index (χ1) is 9.54. The van der Waals surface area contributed by atoms with Gasteiger partial charge in [0.1, 0.15) is 5.69 Å². The Kier molecular flexibility index (Phi) is 6.02. The van der Waals surface area contributed by atoms with E-state index in [0.717, 1.165) is 10.9 Å². The highest BCUT2D eigenvalue weighted by atomic mass is 35.5. The second kappa shape index (κ2) is 7.31. The number of nitrogens with one attached hydrogen (secondary N) is 2. The topological polar surface area (TPSA) is 112 Å². The minimum absolute atomic E-state index is 0. The molecule has 1 aromatic heterocycles. The van der Waals surface area contributed by atoms with Crippen LogP contribution in [0.1, 0.15) is 16.9 Å². The Labute approximate surface area is 133 Å². The summed E-state index contributed by atoms with van der Waals surface area (Å²) < 4.78 is 0. The van der Waals surface area contributed by atoms with E-state index >= 15 is 0 Å². The van der Waals surface area contributed by atoms with Gasteiger partial charge in [-0.25, -0.2) is 0 Å². The van der Waals surface area contributed by atoms with Gasteiger partial charge in [0.15, 0.2) is 5.96 Å². The number of guanidine groups is 1. The molecule has 0 saturated heterocycles. The van der Waals surface area contributed by atoms with Crippen LogP contribution >= 0.6 is 24.0 Å². The molecule has 0 saturated carbocycles. The number of aromatic amines is 1. The summed E-state index contributed by atoms with van der Waals surface area (Å²) in [6, 6.07) is 7.05. The van der Waals surface area contributed by atoms with Crippen LogP contribution < -0.4 is 11.5 Å². The van der Waals surface area contributed by atoms with Crippen molar-refractivity contribution in [2.45, 2.75) is 6.42 Å². The van der Waals surface area contributed by atoms with Crippen molar-refractivity contribution in [2.75, 3.05) is 13.1 Å². The number of nitrogens with zero attached hydrogens (tertiary/aromatic N) is 1. The van der Waals surface area contributed by atoms with Crippen molar-refractivity contribution in [3.63, 3.8) is 0 Å². The molecule has 114 valence electrons. The zero-order chi connectivity index (χ0) is 14.7. The van der Waals surface area contributed by atoms with Gasteiger partial charge in [-0.15, -0.1) is 12.4 Å². The van der Waals surface area contributed by atoms with Crippen LogP contribution in [0, 0.1) is 5.41 Å². The maximum Gasteiger partial charge on any atom is 0.276 e. The van der Waals surface area contributed by atoms with Crippen molar-refractivity contribution in [1.29, 1.82) is 5.41 Å². The van der Waals surface area contributed by atoms with Crippen LogP contribution in [-0.2, 0) is 0 Å². The Morgan fingerprint density at radius 1 is 1.43 bits per heavy atom. The highest BCUT2D eigenvalue weighted by Crippen LogP contribution is 2.24. The predicted molar refractivity (Wildman–Crippen MR) is 87.2 cm³/mol. The lowest BCUT2D eigenvalue weighted by atomic mass is 10.2. The smallest absolute Gasteiger partial charge is 0.276 e. The van der Waals surface area contributed by atoms with E-state index in [2.05, 4.69) is 4.98 Å². The SMILES string of the molecule is Cl.N=C(N)N(CCCN)C(=O)c1cc2c(Cl)cccc2[nH]1. The quantitative estimate of drug-likeness (QED) is 0.507. The molecule has 0 unspecified atom stereocenters. The fourth-order valence-electron chi connectivity index (χ4n) is 1.96. The third-order valence-corrected chi connectivity index (χ3v) is 3.29. The van der Waals surface area contributed by atoms with Gasteiger partial charge >= 0.3 is 0 Å². The second-order valence-corrected chi connectivity index (χ2v) is 4.78. The number of halogens is 2. The van der Waals surface area contributed by atoms with E-state index in [0.29, 0.717) is 30.2 Å². The number of hydrogen-bond donors (Lipinski definition) is 4. The van der Waals surface area contributed by atoms with Gasteiger partial charge < -0.3 is 16.5 Å². The summed E-state index contributed by atoms with van der Waals surface area (Å²) in [5.41, 5.74) is 12.0. The number of nitrogens with two attached hydrogens (primary N) is 2. The largest absolute Gasteiger partial charge is 0.370 e. The summed E-state index contributed by atoms with van der Waals surface area (Å²) in [4.78, 5) is 16.5. The lowest BCUT2D eigenvalue weighted by Gasteiger charge is -2.19. The number of carbonyl (C=O) groups excluding carboxylic acids is 1. The molecule has 0 aliphatic carbocycles. The van der Waals surface area contributed by atoms with Crippen LogP contribution in [0.5, 0.6) is 0 Å². The van der Waals surface area contributed by atoms with E-state index in [9.17, 15) is 4.79 Å². The molecule has 2 aromatic rings. The van der Waals surface area contributed by atoms with E-state index in [1.54, 1.807) is 18.2 Å². The van der Waals surface area contributed by atoms with Gasteiger partial charge in [-0.3, -0.25) is 15.1 Å². The average molecular weight is 330 g/mol. The highest BCUT2D eigenvalue weighted by Gasteiger charge is 2.20. The van der Waals surface area contributed by atoms with E-state index in [1.807, 2.05) is 6.07 Å². The fourth-order valence-corrected chi connectivity index (χ4v) is 2.19. The number of hydrogen-bond acceptors (Lipinski definition) is 3. The molecule has 0 spiro atoms. The zero-order valence-corrected chi connectivity index (χ0v) is 12.8. The molecule has 0 atom stereocenters. The van der Waals surface area contributed by atoms with Crippen molar-refractivity contribution in [3.8, 4) is 0 Å². The maximum atomic E-state index is 12.4. The van der Waals surface area contributed by atoms with E-state index in [-0.39, 0.29) is 24.3 Å². The maximum absolute atomic E-state index is 12.4. The third-order valence-electron chi connectivity index (χ3n) is 2.96. The second-order valence-electron chi connectivity index (χ2n) is 4.37.